The lowest BCUT2D eigenvalue weighted by molar-refractivity contribution is 0.0992. The highest BCUT2D eigenvalue weighted by Gasteiger charge is 2.18. The molecule has 7 heteroatoms. The number of carbonyl (C=O) groups is 1. The fourth-order valence-electron chi connectivity index (χ4n) is 3.49. The van der Waals surface area contributed by atoms with Gasteiger partial charge in [0, 0.05) is 0 Å². The number of rotatable bonds is 9. The van der Waals surface area contributed by atoms with E-state index in [4.69, 9.17) is 13.9 Å². The molecule has 33 heavy (non-hydrogen) atoms. The molecule has 1 N–H and O–H groups in total. The van der Waals surface area contributed by atoms with Crippen LogP contribution in [0.3, 0.4) is 0 Å². The molecule has 170 valence electrons. The molecule has 1 amide bonds. The fraction of sp³-hybridized carbons (Fsp3) is 0.231. The van der Waals surface area contributed by atoms with Gasteiger partial charge in [-0.3, -0.25) is 9.48 Å². The zero-order valence-electron chi connectivity index (χ0n) is 19.0. The zero-order chi connectivity index (χ0) is 23.2. The number of furan rings is 1. The quantitative estimate of drug-likeness (QED) is 0.375. The van der Waals surface area contributed by atoms with Gasteiger partial charge in [0.05, 0.1) is 30.2 Å². The third-order valence-electron chi connectivity index (χ3n) is 5.20. The molecule has 4 rings (SSSR count). The number of carbonyl (C=O) groups excluding carboxylic acids is 1. The van der Waals surface area contributed by atoms with Crippen LogP contribution in [0.4, 0.5) is 5.69 Å². The Kier molecular flexibility index (Phi) is 6.78. The minimum Gasteiger partial charge on any atom is -0.494 e. The summed E-state index contributed by atoms with van der Waals surface area (Å²) < 4.78 is 18.7. The SMILES string of the molecule is CCOc1ccc(OCc2ccc(C(=O)Nc3c(C)nn(Cc4ccccc4)c3C)o2)cc1. The number of ether oxygens (including phenoxy) is 2. The van der Waals surface area contributed by atoms with Crippen LogP contribution in [0.2, 0.25) is 0 Å². The van der Waals surface area contributed by atoms with Crippen LogP contribution in [-0.4, -0.2) is 22.3 Å². The van der Waals surface area contributed by atoms with Gasteiger partial charge in [0.1, 0.15) is 23.9 Å². The molecule has 0 radical (unpaired) electrons. The number of benzene rings is 2. The van der Waals surface area contributed by atoms with E-state index >= 15 is 0 Å². The number of nitrogens with zero attached hydrogens (tertiary/aromatic N) is 2. The normalized spacial score (nSPS) is 10.8. The highest BCUT2D eigenvalue weighted by atomic mass is 16.5. The van der Waals surface area contributed by atoms with Gasteiger partial charge in [-0.2, -0.15) is 5.10 Å². The lowest BCUT2D eigenvalue weighted by atomic mass is 10.2. The number of hydrogen-bond acceptors (Lipinski definition) is 5. The number of hydrogen-bond donors (Lipinski definition) is 1. The number of anilines is 1. The first-order valence-electron chi connectivity index (χ1n) is 10.9. The second-order valence-corrected chi connectivity index (χ2v) is 7.60. The van der Waals surface area contributed by atoms with Gasteiger partial charge >= 0.3 is 0 Å². The molecular formula is C26H27N3O4. The van der Waals surface area contributed by atoms with E-state index < -0.39 is 0 Å². The summed E-state index contributed by atoms with van der Waals surface area (Å²) in [6, 6.07) is 20.8. The van der Waals surface area contributed by atoms with Gasteiger partial charge in [-0.05, 0) is 62.7 Å². The van der Waals surface area contributed by atoms with Crippen molar-refractivity contribution in [3.8, 4) is 11.5 Å². The van der Waals surface area contributed by atoms with Crippen molar-refractivity contribution in [1.29, 1.82) is 0 Å². The third kappa shape index (κ3) is 5.44. The maximum Gasteiger partial charge on any atom is 0.291 e. The van der Waals surface area contributed by atoms with Crippen molar-refractivity contribution < 1.29 is 18.7 Å². The molecule has 0 aliphatic rings. The van der Waals surface area contributed by atoms with Crippen LogP contribution < -0.4 is 14.8 Å². The molecule has 0 saturated heterocycles. The van der Waals surface area contributed by atoms with Gasteiger partial charge in [0.15, 0.2) is 5.76 Å². The Morgan fingerprint density at radius 3 is 2.36 bits per heavy atom. The summed E-state index contributed by atoms with van der Waals surface area (Å²) in [7, 11) is 0. The van der Waals surface area contributed by atoms with Crippen molar-refractivity contribution in [1.82, 2.24) is 9.78 Å². The topological polar surface area (TPSA) is 78.5 Å². The molecular weight excluding hydrogens is 418 g/mol. The van der Waals surface area contributed by atoms with E-state index in [0.29, 0.717) is 30.3 Å². The van der Waals surface area contributed by atoms with Crippen LogP contribution in [0.15, 0.2) is 71.1 Å². The molecule has 0 fully saturated rings. The van der Waals surface area contributed by atoms with Crippen LogP contribution in [0, 0.1) is 13.8 Å². The molecule has 0 aliphatic carbocycles. The van der Waals surface area contributed by atoms with Crippen molar-refractivity contribution in [2.24, 2.45) is 0 Å². The average molecular weight is 446 g/mol. The first-order valence-corrected chi connectivity index (χ1v) is 10.9. The van der Waals surface area contributed by atoms with Gasteiger partial charge in [-0.25, -0.2) is 0 Å². The van der Waals surface area contributed by atoms with E-state index in [9.17, 15) is 4.79 Å². The minimum absolute atomic E-state index is 0.217. The minimum atomic E-state index is -0.326. The van der Waals surface area contributed by atoms with Crippen LogP contribution in [0.25, 0.3) is 0 Å². The molecule has 0 aliphatic heterocycles. The zero-order valence-corrected chi connectivity index (χ0v) is 19.0. The standard InChI is InChI=1S/C26H27N3O4/c1-4-31-21-10-12-22(13-11-21)32-17-23-14-15-24(33-23)26(30)27-25-18(2)28-29(19(25)3)16-20-8-6-5-7-9-20/h5-15H,4,16-17H2,1-3H3,(H,27,30). The summed E-state index contributed by atoms with van der Waals surface area (Å²) in [5.41, 5.74) is 3.47. The van der Waals surface area contributed by atoms with E-state index in [2.05, 4.69) is 22.5 Å². The van der Waals surface area contributed by atoms with Gasteiger partial charge in [0.2, 0.25) is 0 Å². The fourth-order valence-corrected chi connectivity index (χ4v) is 3.49. The van der Waals surface area contributed by atoms with Crippen molar-refractivity contribution in [3.63, 3.8) is 0 Å². The Morgan fingerprint density at radius 2 is 1.67 bits per heavy atom. The summed E-state index contributed by atoms with van der Waals surface area (Å²) in [5, 5.41) is 7.52. The van der Waals surface area contributed by atoms with Crippen molar-refractivity contribution in [2.75, 3.05) is 11.9 Å². The predicted octanol–water partition coefficient (Wildman–Crippen LogP) is 5.37. The molecule has 2 aromatic carbocycles. The summed E-state index contributed by atoms with van der Waals surface area (Å²) >= 11 is 0. The molecule has 2 heterocycles. The molecule has 0 saturated carbocycles. The lowest BCUT2D eigenvalue weighted by Crippen LogP contribution is -2.12. The smallest absolute Gasteiger partial charge is 0.291 e. The van der Waals surface area contributed by atoms with E-state index in [0.717, 1.165) is 22.7 Å². The third-order valence-corrected chi connectivity index (χ3v) is 5.20. The van der Waals surface area contributed by atoms with Gasteiger partial charge < -0.3 is 19.2 Å². The Bertz CT molecular complexity index is 1210. The lowest BCUT2D eigenvalue weighted by Gasteiger charge is -2.07. The van der Waals surface area contributed by atoms with Gasteiger partial charge in [0.25, 0.3) is 5.91 Å². The van der Waals surface area contributed by atoms with Crippen LogP contribution in [0.1, 0.15) is 40.2 Å². The molecule has 0 spiro atoms. The first kappa shape index (κ1) is 22.2. The second-order valence-electron chi connectivity index (χ2n) is 7.60. The van der Waals surface area contributed by atoms with E-state index in [1.807, 2.05) is 67.9 Å². The average Bonchev–Trinajstić information content (AvgIpc) is 3.40. The molecule has 4 aromatic rings. The van der Waals surface area contributed by atoms with Gasteiger partial charge in [-0.1, -0.05) is 30.3 Å². The molecule has 2 aromatic heterocycles. The molecule has 0 unspecified atom stereocenters. The van der Waals surface area contributed by atoms with Crippen LogP contribution in [0.5, 0.6) is 11.5 Å². The number of amides is 1. The highest BCUT2D eigenvalue weighted by Crippen LogP contribution is 2.23. The largest absolute Gasteiger partial charge is 0.494 e. The maximum atomic E-state index is 12.8. The summed E-state index contributed by atoms with van der Waals surface area (Å²) in [6.07, 6.45) is 0. The summed E-state index contributed by atoms with van der Waals surface area (Å²) in [6.45, 7) is 7.23. The van der Waals surface area contributed by atoms with Crippen LogP contribution in [-0.2, 0) is 13.2 Å². The molecule has 0 atom stereocenters. The van der Waals surface area contributed by atoms with Crippen LogP contribution >= 0.6 is 0 Å². The van der Waals surface area contributed by atoms with Crippen molar-refractivity contribution >= 4 is 11.6 Å². The molecule has 7 nitrogen and oxygen atoms in total. The maximum absolute atomic E-state index is 12.8. The van der Waals surface area contributed by atoms with E-state index in [-0.39, 0.29) is 18.3 Å². The van der Waals surface area contributed by atoms with Crippen molar-refractivity contribution in [3.05, 3.63) is 95.2 Å². The number of nitrogens with one attached hydrogen (secondary N) is 1. The highest BCUT2D eigenvalue weighted by molar-refractivity contribution is 6.02. The number of aromatic nitrogens is 2. The van der Waals surface area contributed by atoms with E-state index in [1.54, 1.807) is 12.1 Å². The summed E-state index contributed by atoms with van der Waals surface area (Å²) in [5.74, 6) is 1.93. The van der Waals surface area contributed by atoms with E-state index in [1.165, 1.54) is 0 Å². The number of aryl methyl sites for hydroxylation is 1. The predicted molar refractivity (Wildman–Crippen MR) is 126 cm³/mol. The Labute approximate surface area is 192 Å². The first-order chi connectivity index (χ1) is 16.0. The second kappa shape index (κ2) is 10.1. The molecule has 0 bridgehead atoms. The summed E-state index contributed by atoms with van der Waals surface area (Å²) in [4.78, 5) is 12.8. The monoisotopic (exact) mass is 445 g/mol. The Balaban J connectivity index is 1.37. The van der Waals surface area contributed by atoms with Gasteiger partial charge in [-0.15, -0.1) is 0 Å². The Morgan fingerprint density at radius 1 is 0.970 bits per heavy atom. The Hall–Kier alpha value is -4.00. The van der Waals surface area contributed by atoms with Crippen molar-refractivity contribution in [2.45, 2.75) is 33.9 Å².